The quantitative estimate of drug-likeness (QED) is 0.154. The average Bonchev–Trinajstić information content (AvgIpc) is 3.15. The third-order valence-electron chi connectivity index (χ3n) is 10.9. The summed E-state index contributed by atoms with van der Waals surface area (Å²) in [6.07, 6.45) is 2.46. The smallest absolute Gasteiger partial charge is 0.252 e. The van der Waals surface area contributed by atoms with Gasteiger partial charge < -0.3 is 20.1 Å². The van der Waals surface area contributed by atoms with E-state index in [0.717, 1.165) is 86.2 Å². The maximum Gasteiger partial charge on any atom is 0.252 e. The Morgan fingerprint density at radius 2 is 1.13 bits per heavy atom. The minimum atomic E-state index is -0.269. The Balaban J connectivity index is 1.15. The van der Waals surface area contributed by atoms with Crippen molar-refractivity contribution < 1.29 is 19.1 Å². The van der Waals surface area contributed by atoms with E-state index in [-0.39, 0.29) is 28.7 Å². The van der Waals surface area contributed by atoms with E-state index in [4.69, 9.17) is 19.4 Å². The van der Waals surface area contributed by atoms with Gasteiger partial charge in [0.1, 0.15) is 11.5 Å². The number of carbonyl (C=O) groups excluding carboxylic acids is 2. The molecule has 6 aromatic rings. The number of nitrogens with one attached hydrogen (secondary N) is 2. The summed E-state index contributed by atoms with van der Waals surface area (Å²) in [5.74, 6) is 1.28. The van der Waals surface area contributed by atoms with Gasteiger partial charge in [-0.05, 0) is 116 Å². The second-order valence-electron chi connectivity index (χ2n) is 15.8. The number of nitrogens with zero attached hydrogens (tertiary/aromatic N) is 2. The Bertz CT molecular complexity index is 2370. The molecule has 0 spiro atoms. The molecule has 1 aliphatic carbocycles. The molecule has 8 heteroatoms. The number of methoxy groups -OCH3 is 2. The van der Waals surface area contributed by atoms with Crippen molar-refractivity contribution in [1.82, 2.24) is 20.6 Å². The van der Waals surface area contributed by atoms with E-state index in [1.807, 2.05) is 111 Å². The van der Waals surface area contributed by atoms with Crippen molar-refractivity contribution in [2.75, 3.05) is 20.8 Å². The van der Waals surface area contributed by atoms with Crippen LogP contribution < -0.4 is 20.1 Å². The fourth-order valence-corrected chi connectivity index (χ4v) is 8.77. The van der Waals surface area contributed by atoms with Crippen LogP contribution in [-0.4, -0.2) is 48.6 Å². The number of ether oxygens (including phenoxy) is 2. The zero-order chi connectivity index (χ0) is 38.2. The van der Waals surface area contributed by atoms with Crippen molar-refractivity contribution >= 4 is 33.6 Å². The first kappa shape index (κ1) is 36.6. The zero-order valence-corrected chi connectivity index (χ0v) is 32.2. The van der Waals surface area contributed by atoms with E-state index in [0.29, 0.717) is 17.7 Å². The number of amides is 2. The first-order valence-corrected chi connectivity index (χ1v) is 18.6. The van der Waals surface area contributed by atoms with Crippen LogP contribution in [0.1, 0.15) is 71.9 Å². The lowest BCUT2D eigenvalue weighted by molar-refractivity contribution is 0.0592. The number of para-hydroxylation sites is 2. The van der Waals surface area contributed by atoms with Gasteiger partial charge in [0.05, 0.1) is 47.8 Å². The lowest BCUT2D eigenvalue weighted by atomic mass is 9.62. The summed E-state index contributed by atoms with van der Waals surface area (Å²) in [5.41, 5.74) is 7.49. The van der Waals surface area contributed by atoms with Crippen LogP contribution in [0.4, 0.5) is 0 Å². The molecule has 2 unspecified atom stereocenters. The molecule has 2 aromatic heterocycles. The van der Waals surface area contributed by atoms with Gasteiger partial charge in [0.25, 0.3) is 11.8 Å². The molecule has 0 aliphatic heterocycles. The number of pyridine rings is 2. The molecular weight excluding hydrogens is 673 g/mol. The van der Waals surface area contributed by atoms with E-state index in [1.165, 1.54) is 0 Å². The molecule has 2 atom stereocenters. The van der Waals surface area contributed by atoms with Crippen LogP contribution in [0, 0.1) is 24.7 Å². The molecule has 2 amide bonds. The summed E-state index contributed by atoms with van der Waals surface area (Å²) < 4.78 is 10.7. The third kappa shape index (κ3) is 7.25. The Labute approximate surface area is 317 Å². The number of carbonyl (C=O) groups is 2. The second kappa shape index (κ2) is 14.6. The van der Waals surface area contributed by atoms with E-state index in [2.05, 4.69) is 31.4 Å². The number of hydrogen-bond donors (Lipinski definition) is 2. The molecule has 1 aliphatic rings. The molecule has 0 saturated heterocycles. The number of aromatic nitrogens is 2. The summed E-state index contributed by atoms with van der Waals surface area (Å²) in [6.45, 7) is 11.1. The number of benzene rings is 4. The molecule has 276 valence electrons. The van der Waals surface area contributed by atoms with Crippen LogP contribution in [0.2, 0.25) is 0 Å². The van der Waals surface area contributed by atoms with Crippen LogP contribution in [0.3, 0.4) is 0 Å². The Hall–Kier alpha value is -5.76. The van der Waals surface area contributed by atoms with Gasteiger partial charge in [-0.2, -0.15) is 0 Å². The first-order chi connectivity index (χ1) is 25.9. The van der Waals surface area contributed by atoms with Crippen molar-refractivity contribution in [2.45, 2.75) is 59.9 Å². The van der Waals surface area contributed by atoms with Crippen LogP contribution in [0.15, 0.2) is 97.1 Å². The molecule has 8 nitrogen and oxygen atoms in total. The molecule has 0 bridgehead atoms. The van der Waals surface area contributed by atoms with E-state index in [9.17, 15) is 9.59 Å². The zero-order valence-electron chi connectivity index (χ0n) is 32.2. The van der Waals surface area contributed by atoms with Crippen LogP contribution in [0.25, 0.3) is 44.3 Å². The summed E-state index contributed by atoms with van der Waals surface area (Å²) in [6, 6.07) is 31.1. The monoisotopic (exact) mass is 720 g/mol. The van der Waals surface area contributed by atoms with Crippen molar-refractivity contribution in [3.05, 3.63) is 119 Å². The number of fused-ring (bicyclic) bond motifs is 2. The Morgan fingerprint density at radius 1 is 0.667 bits per heavy atom. The van der Waals surface area contributed by atoms with E-state index < -0.39 is 0 Å². The van der Waals surface area contributed by atoms with Crippen molar-refractivity contribution in [3.63, 3.8) is 0 Å². The topological polar surface area (TPSA) is 102 Å². The Morgan fingerprint density at radius 3 is 1.61 bits per heavy atom. The van der Waals surface area contributed by atoms with Gasteiger partial charge in [-0.1, -0.05) is 57.2 Å². The molecule has 2 N–H and O–H groups in total. The van der Waals surface area contributed by atoms with Gasteiger partial charge in [0.2, 0.25) is 0 Å². The highest BCUT2D eigenvalue weighted by Gasteiger charge is 2.42. The molecule has 1 fully saturated rings. The third-order valence-corrected chi connectivity index (χ3v) is 10.9. The summed E-state index contributed by atoms with van der Waals surface area (Å²) in [5, 5.41) is 8.42. The number of rotatable bonds is 9. The minimum Gasteiger partial charge on any atom is -0.497 e. The molecular formula is C46H48N4O4. The highest BCUT2D eigenvalue weighted by atomic mass is 16.5. The van der Waals surface area contributed by atoms with E-state index >= 15 is 0 Å². The lowest BCUT2D eigenvalue weighted by Crippen LogP contribution is -2.50. The minimum absolute atomic E-state index is 0.0693. The van der Waals surface area contributed by atoms with Gasteiger partial charge in [-0.3, -0.25) is 9.59 Å². The number of hydrogen-bond acceptors (Lipinski definition) is 6. The van der Waals surface area contributed by atoms with Gasteiger partial charge in [0, 0.05) is 34.5 Å². The molecule has 1 saturated carbocycles. The summed E-state index contributed by atoms with van der Waals surface area (Å²) in [4.78, 5) is 38.6. The van der Waals surface area contributed by atoms with Crippen LogP contribution >= 0.6 is 0 Å². The molecule has 7 rings (SSSR count). The fraction of sp³-hybridized carbons (Fsp3) is 0.304. The fourth-order valence-electron chi connectivity index (χ4n) is 8.77. The standard InChI is InChI=1S/C46H48N4O4/c1-28-39(35-12-8-10-14-37(35)49-41(28)30-16-20-33(53-6)21-17-30)43(51)47-27-46(5)25-32(24-45(3,4)26-46)48-44(52)40-29(2)42(31-18-22-34(54-7)23-19-31)50-38-15-11-9-13-36(38)40/h8-23,32H,24-27H2,1-7H3,(H,47,51)(H,48,52). The van der Waals surface area contributed by atoms with Crippen LogP contribution in [-0.2, 0) is 0 Å². The second-order valence-corrected chi connectivity index (χ2v) is 15.8. The molecule has 0 radical (unpaired) electrons. The molecule has 2 heterocycles. The van der Waals surface area contributed by atoms with Crippen molar-refractivity contribution in [1.29, 1.82) is 0 Å². The average molecular weight is 721 g/mol. The highest BCUT2D eigenvalue weighted by Crippen LogP contribution is 2.46. The Kier molecular flexibility index (Phi) is 9.88. The highest BCUT2D eigenvalue weighted by molar-refractivity contribution is 6.10. The predicted octanol–water partition coefficient (Wildman–Crippen LogP) is 9.50. The van der Waals surface area contributed by atoms with Gasteiger partial charge in [-0.25, -0.2) is 9.97 Å². The van der Waals surface area contributed by atoms with Crippen LogP contribution in [0.5, 0.6) is 11.5 Å². The van der Waals surface area contributed by atoms with Crippen molar-refractivity contribution in [3.8, 4) is 34.0 Å². The normalized spacial score (nSPS) is 17.9. The van der Waals surface area contributed by atoms with Gasteiger partial charge in [-0.15, -0.1) is 0 Å². The van der Waals surface area contributed by atoms with Gasteiger partial charge in [0.15, 0.2) is 0 Å². The maximum atomic E-state index is 14.4. The van der Waals surface area contributed by atoms with E-state index in [1.54, 1.807) is 14.2 Å². The first-order valence-electron chi connectivity index (χ1n) is 18.6. The summed E-state index contributed by atoms with van der Waals surface area (Å²) >= 11 is 0. The van der Waals surface area contributed by atoms with Crippen molar-refractivity contribution in [2.24, 2.45) is 10.8 Å². The lowest BCUT2D eigenvalue weighted by Gasteiger charge is -2.47. The maximum absolute atomic E-state index is 14.4. The SMILES string of the molecule is COc1ccc(-c2nc3ccccc3c(C(=O)NCC3(C)CC(NC(=O)c4c(C)c(-c5ccc(OC)cc5)nc5ccccc45)CC(C)(C)C3)c2C)cc1. The molecule has 54 heavy (non-hydrogen) atoms. The van der Waals surface area contributed by atoms with Gasteiger partial charge >= 0.3 is 0 Å². The summed E-state index contributed by atoms with van der Waals surface area (Å²) in [7, 11) is 3.29. The predicted molar refractivity (Wildman–Crippen MR) is 216 cm³/mol. The molecule has 4 aromatic carbocycles. The largest absolute Gasteiger partial charge is 0.497 e.